The number of hydrogen-bond donors (Lipinski definition) is 3. The van der Waals surface area contributed by atoms with Crippen LogP contribution in [0.4, 0.5) is 23.7 Å². The normalized spacial score (nSPS) is 23.7. The number of urea groups is 1. The lowest BCUT2D eigenvalue weighted by Crippen LogP contribution is -2.54. The number of carboxylic acids is 1. The first kappa shape index (κ1) is 23.7. The summed E-state index contributed by atoms with van der Waals surface area (Å²) in [4.78, 5) is 27.2. The van der Waals surface area contributed by atoms with E-state index in [4.69, 9.17) is 14.6 Å². The molecule has 2 aliphatic rings. The number of aromatic nitrogens is 1. The number of halogens is 3. The first-order valence-corrected chi connectivity index (χ1v) is 9.67. The number of anilines is 1. The molecule has 168 valence electrons. The van der Waals surface area contributed by atoms with E-state index in [2.05, 4.69) is 15.6 Å². The number of piperidine rings is 1. The van der Waals surface area contributed by atoms with Crippen molar-refractivity contribution in [2.24, 2.45) is 0 Å². The van der Waals surface area contributed by atoms with Gasteiger partial charge in [0.05, 0.1) is 30.5 Å². The predicted octanol–water partition coefficient (Wildman–Crippen LogP) is 2.87. The third-order valence-corrected chi connectivity index (χ3v) is 4.72. The maximum absolute atomic E-state index is 12.3. The van der Waals surface area contributed by atoms with Crippen molar-refractivity contribution in [3.8, 4) is 0 Å². The van der Waals surface area contributed by atoms with Crippen molar-refractivity contribution in [2.45, 2.75) is 57.0 Å². The van der Waals surface area contributed by atoms with Crippen LogP contribution in [0.3, 0.4) is 0 Å². The lowest BCUT2D eigenvalue weighted by molar-refractivity contribution is -0.192. The minimum Gasteiger partial charge on any atom is -0.475 e. The van der Waals surface area contributed by atoms with E-state index in [0.29, 0.717) is 13.2 Å². The van der Waals surface area contributed by atoms with Gasteiger partial charge in [-0.3, -0.25) is 4.98 Å². The van der Waals surface area contributed by atoms with E-state index in [9.17, 15) is 18.0 Å². The highest BCUT2D eigenvalue weighted by Crippen LogP contribution is 2.35. The summed E-state index contributed by atoms with van der Waals surface area (Å²) in [5.74, 6) is -2.76. The highest BCUT2D eigenvalue weighted by molar-refractivity contribution is 5.74. The van der Waals surface area contributed by atoms with Gasteiger partial charge in [0, 0.05) is 31.4 Å². The number of ether oxygens (including phenoxy) is 1. The van der Waals surface area contributed by atoms with E-state index in [1.54, 1.807) is 6.20 Å². The van der Waals surface area contributed by atoms with E-state index in [1.165, 1.54) is 0 Å². The van der Waals surface area contributed by atoms with Crippen molar-refractivity contribution in [1.29, 1.82) is 0 Å². The number of pyridine rings is 1. The highest BCUT2D eigenvalue weighted by Gasteiger charge is 2.44. The minimum absolute atomic E-state index is 0.0198. The molecule has 2 amide bonds. The number of amides is 2. The van der Waals surface area contributed by atoms with Crippen LogP contribution in [0.1, 0.15) is 33.1 Å². The van der Waals surface area contributed by atoms with Gasteiger partial charge >= 0.3 is 18.2 Å². The average Bonchev–Trinajstić information content (AvgIpc) is 3.03. The van der Waals surface area contributed by atoms with Crippen molar-refractivity contribution in [3.05, 3.63) is 24.5 Å². The predicted molar refractivity (Wildman–Crippen MR) is 103 cm³/mol. The number of likely N-dealkylation sites (tertiary alicyclic amines) is 1. The van der Waals surface area contributed by atoms with Gasteiger partial charge < -0.3 is 25.4 Å². The van der Waals surface area contributed by atoms with Crippen molar-refractivity contribution < 1.29 is 32.6 Å². The van der Waals surface area contributed by atoms with E-state index < -0.39 is 12.1 Å². The molecule has 1 aromatic rings. The molecule has 0 aromatic carbocycles. The van der Waals surface area contributed by atoms with Crippen LogP contribution in [0, 0.1) is 0 Å². The van der Waals surface area contributed by atoms with Crippen LogP contribution >= 0.6 is 0 Å². The monoisotopic (exact) mass is 432 g/mol. The fourth-order valence-electron chi connectivity index (χ4n) is 3.51. The minimum atomic E-state index is -5.08. The van der Waals surface area contributed by atoms with E-state index in [1.807, 2.05) is 37.1 Å². The second kappa shape index (κ2) is 9.96. The molecular weight excluding hydrogens is 405 g/mol. The Kier molecular flexibility index (Phi) is 7.88. The van der Waals surface area contributed by atoms with Gasteiger partial charge in [-0.1, -0.05) is 0 Å². The van der Waals surface area contributed by atoms with Gasteiger partial charge in [-0.25, -0.2) is 9.59 Å². The maximum atomic E-state index is 12.3. The smallest absolute Gasteiger partial charge is 0.475 e. The highest BCUT2D eigenvalue weighted by atomic mass is 19.4. The van der Waals surface area contributed by atoms with Gasteiger partial charge in [0.25, 0.3) is 0 Å². The number of carboxylic acid groups (broad SMARTS) is 1. The summed E-state index contributed by atoms with van der Waals surface area (Å²) in [5.41, 5.74) is 0.815. The van der Waals surface area contributed by atoms with Crippen LogP contribution in [-0.4, -0.2) is 70.5 Å². The van der Waals surface area contributed by atoms with Crippen LogP contribution in [0.2, 0.25) is 0 Å². The Bertz CT molecular complexity index is 717. The molecule has 3 N–H and O–H groups in total. The Morgan fingerprint density at radius 1 is 1.40 bits per heavy atom. The lowest BCUT2D eigenvalue weighted by Gasteiger charge is -2.40. The van der Waals surface area contributed by atoms with Crippen molar-refractivity contribution in [1.82, 2.24) is 15.2 Å². The topological polar surface area (TPSA) is 104 Å². The Morgan fingerprint density at radius 2 is 2.10 bits per heavy atom. The molecule has 0 bridgehead atoms. The molecule has 1 spiro atoms. The number of carbonyl (C=O) groups is 2. The molecule has 2 fully saturated rings. The van der Waals surface area contributed by atoms with Crippen LogP contribution < -0.4 is 10.6 Å². The lowest BCUT2D eigenvalue weighted by atomic mass is 9.89. The number of aliphatic carboxylic acids is 1. The molecule has 0 saturated carbocycles. The number of nitrogens with zero attached hydrogens (tertiary/aromatic N) is 2. The second-order valence-corrected chi connectivity index (χ2v) is 7.71. The fourth-order valence-corrected chi connectivity index (χ4v) is 3.51. The summed E-state index contributed by atoms with van der Waals surface area (Å²) in [6.45, 7) is 6.13. The summed E-state index contributed by atoms with van der Waals surface area (Å²) in [7, 11) is 0. The molecule has 3 heterocycles. The molecule has 2 saturated heterocycles. The van der Waals surface area contributed by atoms with Crippen LogP contribution in [-0.2, 0) is 9.53 Å². The maximum Gasteiger partial charge on any atom is 0.490 e. The zero-order valence-corrected chi connectivity index (χ0v) is 16.9. The number of carbonyl (C=O) groups excluding carboxylic acids is 1. The van der Waals surface area contributed by atoms with Crippen molar-refractivity contribution >= 4 is 17.7 Å². The molecular formula is C19H27F3N4O4. The summed E-state index contributed by atoms with van der Waals surface area (Å²) in [6.07, 6.45) is 1.45. The Hall–Kier alpha value is -2.56. The third kappa shape index (κ3) is 7.05. The van der Waals surface area contributed by atoms with E-state index >= 15 is 0 Å². The zero-order chi connectivity index (χ0) is 22.4. The van der Waals surface area contributed by atoms with Gasteiger partial charge in [-0.15, -0.1) is 0 Å². The Morgan fingerprint density at radius 3 is 2.67 bits per heavy atom. The molecule has 2 unspecified atom stereocenters. The summed E-state index contributed by atoms with van der Waals surface area (Å²) in [6, 6.07) is 4.39. The average molecular weight is 432 g/mol. The molecule has 3 rings (SSSR count). The molecule has 2 aliphatic heterocycles. The van der Waals surface area contributed by atoms with Crippen molar-refractivity contribution in [2.75, 3.05) is 25.0 Å². The zero-order valence-electron chi connectivity index (χ0n) is 16.9. The molecule has 0 aliphatic carbocycles. The SMILES string of the molecule is CC(C)NC(=O)N1CCCC2(CC(Nc3cccnc3)CO2)C1.O=C(O)C(F)(F)F. The summed E-state index contributed by atoms with van der Waals surface area (Å²) in [5, 5.41) is 13.6. The van der Waals surface area contributed by atoms with Gasteiger partial charge in [0.2, 0.25) is 0 Å². The number of alkyl halides is 3. The van der Waals surface area contributed by atoms with Crippen LogP contribution in [0.5, 0.6) is 0 Å². The molecule has 8 nitrogen and oxygen atoms in total. The quantitative estimate of drug-likeness (QED) is 0.679. The Labute approximate surface area is 172 Å². The first-order valence-electron chi connectivity index (χ1n) is 9.67. The number of hydrogen-bond acceptors (Lipinski definition) is 5. The van der Waals surface area contributed by atoms with Crippen molar-refractivity contribution in [3.63, 3.8) is 0 Å². The molecule has 30 heavy (non-hydrogen) atoms. The van der Waals surface area contributed by atoms with Gasteiger partial charge in [-0.2, -0.15) is 13.2 Å². The standard InChI is InChI=1S/C17H26N4O2.C2HF3O2/c1-13(2)19-16(22)21-8-4-6-17(12-21)9-15(11-23-17)20-14-5-3-7-18-10-14;3-2(4,5)1(6)7/h3,5,7,10,13,15,20H,4,6,8-9,11-12H2,1-2H3,(H,19,22);(H,6,7). The Balaban J connectivity index is 0.000000396. The molecule has 11 heteroatoms. The fraction of sp³-hybridized carbons (Fsp3) is 0.632. The van der Waals surface area contributed by atoms with E-state index in [-0.39, 0.29) is 23.7 Å². The first-order chi connectivity index (χ1) is 14.0. The van der Waals surface area contributed by atoms with Gasteiger partial charge in [0.15, 0.2) is 0 Å². The summed E-state index contributed by atoms with van der Waals surface area (Å²) >= 11 is 0. The van der Waals surface area contributed by atoms with Gasteiger partial charge in [-0.05, 0) is 38.8 Å². The van der Waals surface area contributed by atoms with Crippen LogP contribution in [0.15, 0.2) is 24.5 Å². The molecule has 1 aromatic heterocycles. The second-order valence-electron chi connectivity index (χ2n) is 7.71. The van der Waals surface area contributed by atoms with E-state index in [0.717, 1.165) is 31.5 Å². The molecule has 0 radical (unpaired) electrons. The number of nitrogens with one attached hydrogen (secondary N) is 2. The number of rotatable bonds is 3. The summed E-state index contributed by atoms with van der Waals surface area (Å²) < 4.78 is 37.9. The largest absolute Gasteiger partial charge is 0.490 e. The van der Waals surface area contributed by atoms with Gasteiger partial charge in [0.1, 0.15) is 0 Å². The third-order valence-electron chi connectivity index (χ3n) is 4.72. The molecule has 2 atom stereocenters. The van der Waals surface area contributed by atoms with Crippen LogP contribution in [0.25, 0.3) is 0 Å².